The number of aromatic amines is 1. The molecule has 164 valence electrons. The van der Waals surface area contributed by atoms with Gasteiger partial charge in [-0.2, -0.15) is 5.10 Å². The lowest BCUT2D eigenvalue weighted by Gasteiger charge is -2.18. The number of nitrogens with one attached hydrogen (secondary N) is 2. The smallest absolute Gasteiger partial charge is 0.307 e. The lowest BCUT2D eigenvalue weighted by atomic mass is 10.0. The predicted molar refractivity (Wildman–Crippen MR) is 118 cm³/mol. The van der Waals surface area contributed by atoms with Crippen LogP contribution in [0.5, 0.6) is 0 Å². The first-order valence-corrected chi connectivity index (χ1v) is 10.2. The summed E-state index contributed by atoms with van der Waals surface area (Å²) >= 11 is 0. The minimum atomic E-state index is -0.497. The summed E-state index contributed by atoms with van der Waals surface area (Å²) in [4.78, 5) is 40.0. The Morgan fingerprint density at radius 1 is 1.19 bits per heavy atom. The number of methoxy groups -OCH3 is 1. The fourth-order valence-corrected chi connectivity index (χ4v) is 3.86. The molecule has 0 saturated heterocycles. The maximum atomic E-state index is 12.7. The van der Waals surface area contributed by atoms with Crippen molar-refractivity contribution in [3.05, 3.63) is 62.6 Å². The van der Waals surface area contributed by atoms with Gasteiger partial charge in [0.15, 0.2) is 0 Å². The Morgan fingerprint density at radius 3 is 2.52 bits per heavy atom. The molecule has 0 aliphatic rings. The zero-order chi connectivity index (χ0) is 22.7. The van der Waals surface area contributed by atoms with Crippen LogP contribution in [0.3, 0.4) is 0 Å². The monoisotopic (exact) mass is 424 g/mol. The topological polar surface area (TPSA) is 106 Å². The molecule has 1 amide bonds. The van der Waals surface area contributed by atoms with Gasteiger partial charge in [-0.25, -0.2) is 0 Å². The highest BCUT2D eigenvalue weighted by Crippen LogP contribution is 2.22. The summed E-state index contributed by atoms with van der Waals surface area (Å²) in [6.45, 7) is 5.74. The van der Waals surface area contributed by atoms with Gasteiger partial charge < -0.3 is 15.0 Å². The van der Waals surface area contributed by atoms with Gasteiger partial charge in [-0.3, -0.25) is 19.1 Å². The highest BCUT2D eigenvalue weighted by molar-refractivity contribution is 5.83. The van der Waals surface area contributed by atoms with E-state index in [1.165, 1.54) is 7.11 Å². The van der Waals surface area contributed by atoms with E-state index in [-0.39, 0.29) is 30.7 Å². The number of nitrogens with zero attached hydrogens (tertiary/aromatic N) is 2. The van der Waals surface area contributed by atoms with Crippen LogP contribution in [0.1, 0.15) is 46.8 Å². The van der Waals surface area contributed by atoms with Gasteiger partial charge in [-0.05, 0) is 38.3 Å². The van der Waals surface area contributed by atoms with Gasteiger partial charge in [0.1, 0.15) is 5.65 Å². The molecule has 0 aliphatic heterocycles. The van der Waals surface area contributed by atoms with Gasteiger partial charge in [0.2, 0.25) is 5.91 Å². The average molecular weight is 425 g/mol. The molecule has 0 spiro atoms. The third-order valence-electron chi connectivity index (χ3n) is 5.57. The number of benzene rings is 1. The van der Waals surface area contributed by atoms with E-state index in [1.54, 1.807) is 11.7 Å². The molecule has 0 radical (unpaired) electrons. The molecule has 2 N–H and O–H groups in total. The lowest BCUT2D eigenvalue weighted by molar-refractivity contribution is -0.141. The molecule has 0 saturated carbocycles. The number of pyridine rings is 1. The third kappa shape index (κ3) is 4.84. The number of aromatic nitrogens is 3. The lowest BCUT2D eigenvalue weighted by Crippen LogP contribution is -2.31. The van der Waals surface area contributed by atoms with Crippen molar-refractivity contribution in [2.75, 3.05) is 7.11 Å². The number of hydrogen-bond acceptors (Lipinski definition) is 5. The zero-order valence-electron chi connectivity index (χ0n) is 18.5. The summed E-state index contributed by atoms with van der Waals surface area (Å²) in [6, 6.07) is 7.14. The number of amides is 1. The number of fused-ring (bicyclic) bond motifs is 1. The van der Waals surface area contributed by atoms with Crippen LogP contribution in [0.4, 0.5) is 0 Å². The second kappa shape index (κ2) is 9.16. The van der Waals surface area contributed by atoms with Gasteiger partial charge in [0.05, 0.1) is 25.3 Å². The number of hydrogen-bond donors (Lipinski definition) is 2. The molecule has 31 heavy (non-hydrogen) atoms. The van der Waals surface area contributed by atoms with Crippen LogP contribution in [0.2, 0.25) is 0 Å². The first-order chi connectivity index (χ1) is 14.7. The fourth-order valence-electron chi connectivity index (χ4n) is 3.86. The SMILES string of the molecule is COC(=O)C[C@@H](NC(=O)CCc1c(C)c2c(C)nn(C)c2[nH]c1=O)c1ccc(C)cc1. The standard InChI is InChI=1S/C23H28N4O4/c1-13-6-8-16(9-7-13)18(12-20(29)31-5)24-19(28)11-10-17-14(2)21-15(3)26-27(4)22(21)25-23(17)30/h6-9,18H,10-12H2,1-5H3,(H,24,28)(H,25,30)/t18-/m1/s1. The van der Waals surface area contributed by atoms with E-state index in [1.807, 2.05) is 45.0 Å². The largest absolute Gasteiger partial charge is 0.469 e. The molecule has 1 aromatic carbocycles. The maximum Gasteiger partial charge on any atom is 0.307 e. The first-order valence-electron chi connectivity index (χ1n) is 10.2. The number of ether oxygens (including phenoxy) is 1. The minimum absolute atomic E-state index is 0.0335. The fraction of sp³-hybridized carbons (Fsp3) is 0.391. The second-order valence-electron chi connectivity index (χ2n) is 7.80. The van der Waals surface area contributed by atoms with Crippen molar-refractivity contribution in [3.8, 4) is 0 Å². The predicted octanol–water partition coefficient (Wildman–Crippen LogP) is 2.54. The third-order valence-corrected chi connectivity index (χ3v) is 5.57. The molecule has 0 fully saturated rings. The number of carbonyl (C=O) groups excluding carboxylic acids is 2. The van der Waals surface area contributed by atoms with Crippen LogP contribution in [-0.2, 0) is 27.8 Å². The molecule has 8 nitrogen and oxygen atoms in total. The molecule has 1 atom stereocenters. The summed E-state index contributed by atoms with van der Waals surface area (Å²) in [6.07, 6.45) is 0.445. The van der Waals surface area contributed by atoms with Crippen molar-refractivity contribution >= 4 is 22.9 Å². The molecular weight excluding hydrogens is 396 g/mol. The van der Waals surface area contributed by atoms with Crippen LogP contribution < -0.4 is 10.9 Å². The summed E-state index contributed by atoms with van der Waals surface area (Å²) in [5.41, 5.74) is 4.60. The van der Waals surface area contributed by atoms with Gasteiger partial charge in [0.25, 0.3) is 5.56 Å². The van der Waals surface area contributed by atoms with Crippen molar-refractivity contribution < 1.29 is 14.3 Å². The number of carbonyl (C=O) groups is 2. The van der Waals surface area contributed by atoms with E-state index >= 15 is 0 Å². The molecule has 3 rings (SSSR count). The highest BCUT2D eigenvalue weighted by atomic mass is 16.5. The number of rotatable bonds is 7. The summed E-state index contributed by atoms with van der Waals surface area (Å²) in [5.74, 6) is -0.646. The van der Waals surface area contributed by atoms with E-state index in [0.717, 1.165) is 27.8 Å². The number of esters is 1. The highest BCUT2D eigenvalue weighted by Gasteiger charge is 2.20. The Kier molecular flexibility index (Phi) is 6.58. The molecule has 2 aromatic heterocycles. The van der Waals surface area contributed by atoms with Crippen molar-refractivity contribution in [1.82, 2.24) is 20.1 Å². The van der Waals surface area contributed by atoms with Crippen molar-refractivity contribution in [1.29, 1.82) is 0 Å². The maximum absolute atomic E-state index is 12.7. The first kappa shape index (κ1) is 22.3. The molecule has 0 bridgehead atoms. The van der Waals surface area contributed by atoms with E-state index in [2.05, 4.69) is 15.4 Å². The normalized spacial score (nSPS) is 12.0. The molecule has 2 heterocycles. The molecule has 0 unspecified atom stereocenters. The number of aryl methyl sites for hydroxylation is 4. The van der Waals surface area contributed by atoms with Gasteiger partial charge in [-0.15, -0.1) is 0 Å². The van der Waals surface area contributed by atoms with Crippen LogP contribution >= 0.6 is 0 Å². The van der Waals surface area contributed by atoms with Gasteiger partial charge in [-0.1, -0.05) is 29.8 Å². The summed E-state index contributed by atoms with van der Waals surface area (Å²) in [5, 5.41) is 8.18. The Balaban J connectivity index is 1.77. The van der Waals surface area contributed by atoms with Crippen LogP contribution in [0, 0.1) is 20.8 Å². The summed E-state index contributed by atoms with van der Waals surface area (Å²) < 4.78 is 6.43. The van der Waals surface area contributed by atoms with E-state index < -0.39 is 12.0 Å². The molecular formula is C23H28N4O4. The Morgan fingerprint density at radius 2 is 1.87 bits per heavy atom. The second-order valence-corrected chi connectivity index (χ2v) is 7.80. The van der Waals surface area contributed by atoms with Crippen LogP contribution in [0.25, 0.3) is 11.0 Å². The molecule has 0 aliphatic carbocycles. The zero-order valence-corrected chi connectivity index (χ0v) is 18.5. The minimum Gasteiger partial charge on any atom is -0.469 e. The Bertz CT molecular complexity index is 1170. The van der Waals surface area contributed by atoms with Gasteiger partial charge in [0, 0.05) is 24.4 Å². The Labute approximate surface area is 180 Å². The quantitative estimate of drug-likeness (QED) is 0.567. The van der Waals surface area contributed by atoms with Crippen molar-refractivity contribution in [3.63, 3.8) is 0 Å². The number of H-pyrrole nitrogens is 1. The van der Waals surface area contributed by atoms with E-state index in [0.29, 0.717) is 11.2 Å². The van der Waals surface area contributed by atoms with Crippen LogP contribution in [0.15, 0.2) is 29.1 Å². The molecule has 3 aromatic rings. The van der Waals surface area contributed by atoms with Gasteiger partial charge >= 0.3 is 5.97 Å². The summed E-state index contributed by atoms with van der Waals surface area (Å²) in [7, 11) is 3.10. The average Bonchev–Trinajstić information content (AvgIpc) is 3.01. The molecule has 8 heteroatoms. The van der Waals surface area contributed by atoms with Crippen molar-refractivity contribution in [2.24, 2.45) is 7.05 Å². The van der Waals surface area contributed by atoms with Crippen molar-refractivity contribution in [2.45, 2.75) is 46.1 Å². The van der Waals surface area contributed by atoms with Crippen LogP contribution in [-0.4, -0.2) is 33.8 Å². The van der Waals surface area contributed by atoms with E-state index in [9.17, 15) is 14.4 Å². The van der Waals surface area contributed by atoms with E-state index in [4.69, 9.17) is 4.74 Å². The Hall–Kier alpha value is -3.42.